The van der Waals surface area contributed by atoms with Crippen molar-refractivity contribution in [3.63, 3.8) is 0 Å². The molecule has 2 bridgehead atoms. The molecular formula is C21H27NO3. The van der Waals surface area contributed by atoms with E-state index in [-0.39, 0.29) is 23.0 Å². The van der Waals surface area contributed by atoms with Crippen LogP contribution >= 0.6 is 0 Å². The van der Waals surface area contributed by atoms with Gasteiger partial charge in [-0.15, -0.1) is 0 Å². The number of ketones is 1. The highest BCUT2D eigenvalue weighted by Crippen LogP contribution is 2.65. The fourth-order valence-corrected chi connectivity index (χ4v) is 6.13. The zero-order chi connectivity index (χ0) is 18.4. The Bertz CT molecular complexity index is 773. The third kappa shape index (κ3) is 1.86. The van der Waals surface area contributed by atoms with E-state index in [1.165, 1.54) is 0 Å². The third-order valence-electron chi connectivity index (χ3n) is 7.18. The quantitative estimate of drug-likeness (QED) is 0.686. The number of ether oxygens (including phenoxy) is 1. The minimum Gasteiger partial charge on any atom is -0.371 e. The minimum absolute atomic E-state index is 0.0890. The van der Waals surface area contributed by atoms with Gasteiger partial charge < -0.3 is 9.84 Å². The number of carbonyl (C=O) groups is 1. The van der Waals surface area contributed by atoms with E-state index in [1.54, 1.807) is 0 Å². The molecule has 2 fully saturated rings. The monoisotopic (exact) mass is 341 g/mol. The van der Waals surface area contributed by atoms with Gasteiger partial charge in [-0.25, -0.2) is 0 Å². The second kappa shape index (κ2) is 4.64. The summed E-state index contributed by atoms with van der Waals surface area (Å²) in [6, 6.07) is 2.18. The molecule has 0 unspecified atom stereocenters. The van der Waals surface area contributed by atoms with Gasteiger partial charge in [0, 0.05) is 11.8 Å². The van der Waals surface area contributed by atoms with Crippen LogP contribution in [0.4, 0.5) is 0 Å². The maximum Gasteiger partial charge on any atom is 0.178 e. The van der Waals surface area contributed by atoms with Gasteiger partial charge in [0.25, 0.3) is 0 Å². The van der Waals surface area contributed by atoms with Crippen LogP contribution in [0.5, 0.6) is 0 Å². The van der Waals surface area contributed by atoms with Crippen molar-refractivity contribution in [3.05, 3.63) is 23.3 Å². The van der Waals surface area contributed by atoms with E-state index in [2.05, 4.69) is 32.9 Å². The first-order valence-electron chi connectivity index (χ1n) is 9.30. The zero-order valence-electron chi connectivity index (χ0n) is 15.7. The highest BCUT2D eigenvalue weighted by Gasteiger charge is 2.73. The second-order valence-corrected chi connectivity index (χ2v) is 9.58. The number of allylic oxidation sites excluding steroid dienone is 1. The Labute approximate surface area is 149 Å². The molecule has 4 rings (SSSR count). The van der Waals surface area contributed by atoms with E-state index in [0.29, 0.717) is 24.8 Å². The first-order chi connectivity index (χ1) is 11.5. The highest BCUT2D eigenvalue weighted by atomic mass is 16.5. The number of hydrogen-bond acceptors (Lipinski definition) is 4. The van der Waals surface area contributed by atoms with Gasteiger partial charge in [0.05, 0.1) is 5.60 Å². The Morgan fingerprint density at radius 2 is 2.00 bits per heavy atom. The van der Waals surface area contributed by atoms with Gasteiger partial charge in [0.2, 0.25) is 0 Å². The number of hydrogen-bond donors (Lipinski definition) is 1. The van der Waals surface area contributed by atoms with Crippen LogP contribution in [0.15, 0.2) is 23.3 Å². The zero-order valence-corrected chi connectivity index (χ0v) is 15.7. The predicted molar refractivity (Wildman–Crippen MR) is 93.4 cm³/mol. The number of Topliss-reactive ketones (excluding diaryl/α,β-unsaturated/α-hetero) is 1. The second-order valence-electron chi connectivity index (χ2n) is 9.58. The molecule has 0 aromatic heterocycles. The normalized spacial score (nSPS) is 52.4. The molecular weight excluding hydrogens is 314 g/mol. The van der Waals surface area contributed by atoms with Gasteiger partial charge >= 0.3 is 0 Å². The average Bonchev–Trinajstić information content (AvgIpc) is 3.05. The van der Waals surface area contributed by atoms with Crippen molar-refractivity contribution in [3.8, 4) is 6.07 Å². The molecule has 134 valence electrons. The lowest BCUT2D eigenvalue weighted by Crippen LogP contribution is -2.53. The van der Waals surface area contributed by atoms with Crippen molar-refractivity contribution in [2.75, 3.05) is 0 Å². The average molecular weight is 341 g/mol. The molecule has 1 saturated carbocycles. The van der Waals surface area contributed by atoms with E-state index in [4.69, 9.17) is 4.74 Å². The SMILES string of the molecule is C/C1=C/C2=C[C@H](C)C[C@@]23O[C@]2(CC(C)(C)C[C@@H]2[C@@]1(O)C#N)[C@@H](C)C3=O. The molecule has 0 radical (unpaired) electrons. The van der Waals surface area contributed by atoms with Crippen LogP contribution in [-0.4, -0.2) is 27.7 Å². The summed E-state index contributed by atoms with van der Waals surface area (Å²) in [6.07, 6.45) is 5.95. The first kappa shape index (κ1) is 17.0. The van der Waals surface area contributed by atoms with Crippen molar-refractivity contribution >= 4 is 5.78 Å². The van der Waals surface area contributed by atoms with E-state index in [9.17, 15) is 15.2 Å². The van der Waals surface area contributed by atoms with E-state index < -0.39 is 22.7 Å². The molecule has 2 aliphatic heterocycles. The topological polar surface area (TPSA) is 70.3 Å². The van der Waals surface area contributed by atoms with Crippen molar-refractivity contribution < 1.29 is 14.6 Å². The number of carbonyl (C=O) groups excluding carboxylic acids is 1. The van der Waals surface area contributed by atoms with E-state index >= 15 is 0 Å². The maximum atomic E-state index is 13.4. The Kier molecular flexibility index (Phi) is 3.15. The molecule has 2 aliphatic carbocycles. The standard InChI is InChI=1S/C21H27NO3/c1-12-6-15-7-13(2)19(24,11-22)16-9-18(4,5)10-21(16)14(3)17(23)20(15,8-12)25-21/h6-7,12,14,16,24H,8-10H2,1-5H3/b13-7-/t12-,14-,16+,19+,20+,21+/m0/s1. The van der Waals surface area contributed by atoms with Crippen LogP contribution in [0.1, 0.15) is 53.9 Å². The molecule has 4 heteroatoms. The molecule has 25 heavy (non-hydrogen) atoms. The van der Waals surface area contributed by atoms with Crippen LogP contribution in [0, 0.1) is 34.5 Å². The Hall–Kier alpha value is -1.44. The molecule has 0 aromatic rings. The van der Waals surface area contributed by atoms with Crippen LogP contribution in [-0.2, 0) is 9.53 Å². The number of nitrogens with zero attached hydrogens (tertiary/aromatic N) is 1. The van der Waals surface area contributed by atoms with Gasteiger partial charge in [-0.2, -0.15) is 5.26 Å². The summed E-state index contributed by atoms with van der Waals surface area (Å²) in [5.74, 6) is -0.359. The van der Waals surface area contributed by atoms with Crippen molar-refractivity contribution in [2.24, 2.45) is 23.2 Å². The maximum absolute atomic E-state index is 13.4. The molecule has 2 heterocycles. The third-order valence-corrected chi connectivity index (χ3v) is 7.18. The first-order valence-corrected chi connectivity index (χ1v) is 9.30. The van der Waals surface area contributed by atoms with E-state index in [1.807, 2.05) is 19.9 Å². The van der Waals surface area contributed by atoms with Crippen molar-refractivity contribution in [1.29, 1.82) is 5.26 Å². The molecule has 1 saturated heterocycles. The van der Waals surface area contributed by atoms with Gasteiger partial charge in [0.15, 0.2) is 17.0 Å². The summed E-state index contributed by atoms with van der Waals surface area (Å²) in [7, 11) is 0. The summed E-state index contributed by atoms with van der Waals surface area (Å²) in [6.45, 7) is 10.1. The fraction of sp³-hybridized carbons (Fsp3) is 0.714. The summed E-state index contributed by atoms with van der Waals surface area (Å²) in [5, 5.41) is 21.3. The lowest BCUT2D eigenvalue weighted by molar-refractivity contribution is -0.153. The van der Waals surface area contributed by atoms with Crippen LogP contribution in [0.2, 0.25) is 0 Å². The highest BCUT2D eigenvalue weighted by molar-refractivity contribution is 5.97. The molecule has 1 N–H and O–H groups in total. The lowest BCUT2D eigenvalue weighted by atomic mass is 9.69. The minimum atomic E-state index is -1.61. The van der Waals surface area contributed by atoms with Crippen LogP contribution in [0.3, 0.4) is 0 Å². The number of rotatable bonds is 0. The summed E-state index contributed by atoms with van der Waals surface area (Å²) >= 11 is 0. The molecule has 6 atom stereocenters. The number of nitriles is 1. The Morgan fingerprint density at radius 3 is 2.64 bits per heavy atom. The van der Waals surface area contributed by atoms with Crippen LogP contribution in [0.25, 0.3) is 0 Å². The Balaban J connectivity index is 2.02. The van der Waals surface area contributed by atoms with Gasteiger partial charge in [-0.1, -0.05) is 39.8 Å². The molecule has 2 spiro atoms. The lowest BCUT2D eigenvalue weighted by Gasteiger charge is -2.43. The van der Waals surface area contributed by atoms with Gasteiger partial charge in [0.1, 0.15) is 6.07 Å². The molecule has 0 aromatic carbocycles. The van der Waals surface area contributed by atoms with Gasteiger partial charge in [-0.05, 0) is 48.7 Å². The summed E-state index contributed by atoms with van der Waals surface area (Å²) in [4.78, 5) is 13.4. The summed E-state index contributed by atoms with van der Waals surface area (Å²) < 4.78 is 6.73. The van der Waals surface area contributed by atoms with Crippen molar-refractivity contribution in [1.82, 2.24) is 0 Å². The summed E-state index contributed by atoms with van der Waals surface area (Å²) in [5.41, 5.74) is -1.89. The molecule has 4 nitrogen and oxygen atoms in total. The van der Waals surface area contributed by atoms with Gasteiger partial charge in [-0.3, -0.25) is 4.79 Å². The largest absolute Gasteiger partial charge is 0.371 e. The predicted octanol–water partition coefficient (Wildman–Crippen LogP) is 3.32. The van der Waals surface area contributed by atoms with Crippen molar-refractivity contribution in [2.45, 2.75) is 70.7 Å². The van der Waals surface area contributed by atoms with Crippen LogP contribution < -0.4 is 0 Å². The number of aliphatic hydroxyl groups is 1. The van der Waals surface area contributed by atoms with E-state index in [0.717, 1.165) is 5.57 Å². The molecule has 0 amide bonds. The molecule has 4 aliphatic rings. The fourth-order valence-electron chi connectivity index (χ4n) is 6.13. The smallest absolute Gasteiger partial charge is 0.178 e. The Morgan fingerprint density at radius 1 is 1.32 bits per heavy atom.